The Morgan fingerprint density at radius 2 is 1.97 bits per heavy atom. The average molecular weight is 394 g/mol. The highest BCUT2D eigenvalue weighted by Crippen LogP contribution is 2.26. The van der Waals surface area contributed by atoms with E-state index in [1.165, 1.54) is 0 Å². The number of carbonyl (C=O) groups is 1. The SMILES string of the molecule is O=C(Nc1cccnc1N1CCCC1)NC(CO)c1nc(-c2ccccc2)no1. The minimum Gasteiger partial charge on any atom is -0.394 e. The van der Waals surface area contributed by atoms with Gasteiger partial charge in [0.1, 0.15) is 6.04 Å². The number of hydrogen-bond donors (Lipinski definition) is 3. The first-order valence-corrected chi connectivity index (χ1v) is 9.52. The van der Waals surface area contributed by atoms with Crippen LogP contribution in [0.2, 0.25) is 0 Å². The Morgan fingerprint density at radius 3 is 2.72 bits per heavy atom. The number of aromatic nitrogens is 3. The first-order valence-electron chi connectivity index (χ1n) is 9.52. The number of pyridine rings is 1. The van der Waals surface area contributed by atoms with Gasteiger partial charge in [-0.3, -0.25) is 0 Å². The van der Waals surface area contributed by atoms with Crippen LogP contribution in [-0.4, -0.2) is 46.0 Å². The largest absolute Gasteiger partial charge is 0.394 e. The standard InChI is InChI=1S/C20H22N6O3/c27-13-16(19-24-17(25-29-19)14-7-2-1-3-8-14)23-20(28)22-15-9-6-10-21-18(15)26-11-4-5-12-26/h1-3,6-10,16,27H,4-5,11-13H2,(H2,22,23,28). The molecule has 3 heterocycles. The predicted molar refractivity (Wildman–Crippen MR) is 107 cm³/mol. The van der Waals surface area contributed by atoms with Crippen molar-refractivity contribution in [3.63, 3.8) is 0 Å². The van der Waals surface area contributed by atoms with E-state index in [4.69, 9.17) is 4.52 Å². The van der Waals surface area contributed by atoms with Gasteiger partial charge in [-0.1, -0.05) is 35.5 Å². The first-order chi connectivity index (χ1) is 14.2. The van der Waals surface area contributed by atoms with Gasteiger partial charge in [0.05, 0.1) is 12.3 Å². The fraction of sp³-hybridized carbons (Fsp3) is 0.300. The van der Waals surface area contributed by atoms with Gasteiger partial charge in [0, 0.05) is 24.8 Å². The lowest BCUT2D eigenvalue weighted by molar-refractivity contribution is 0.205. The van der Waals surface area contributed by atoms with Gasteiger partial charge in [0.2, 0.25) is 5.82 Å². The number of urea groups is 1. The third-order valence-corrected chi connectivity index (χ3v) is 4.70. The maximum absolute atomic E-state index is 12.5. The van der Waals surface area contributed by atoms with E-state index < -0.39 is 12.1 Å². The molecule has 1 saturated heterocycles. The fourth-order valence-corrected chi connectivity index (χ4v) is 3.26. The van der Waals surface area contributed by atoms with Crippen LogP contribution in [0.4, 0.5) is 16.3 Å². The van der Waals surface area contributed by atoms with Crippen molar-refractivity contribution in [2.45, 2.75) is 18.9 Å². The third-order valence-electron chi connectivity index (χ3n) is 4.70. The summed E-state index contributed by atoms with van der Waals surface area (Å²) in [5.74, 6) is 1.27. The third kappa shape index (κ3) is 4.35. The van der Waals surface area contributed by atoms with E-state index in [2.05, 4.69) is 30.7 Å². The first kappa shape index (κ1) is 18.9. The quantitative estimate of drug-likeness (QED) is 0.588. The maximum Gasteiger partial charge on any atom is 0.320 e. The Bertz CT molecular complexity index is 956. The number of aliphatic hydroxyl groups is 1. The molecule has 0 spiro atoms. The zero-order valence-electron chi connectivity index (χ0n) is 15.8. The van der Waals surface area contributed by atoms with Crippen LogP contribution in [0.1, 0.15) is 24.8 Å². The predicted octanol–water partition coefficient (Wildman–Crippen LogP) is 2.59. The second-order valence-corrected chi connectivity index (χ2v) is 6.72. The van der Waals surface area contributed by atoms with Gasteiger partial charge in [-0.05, 0) is 25.0 Å². The summed E-state index contributed by atoms with van der Waals surface area (Å²) in [6.45, 7) is 1.45. The summed E-state index contributed by atoms with van der Waals surface area (Å²) in [5.41, 5.74) is 1.40. The molecule has 150 valence electrons. The van der Waals surface area contributed by atoms with Crippen molar-refractivity contribution in [3.8, 4) is 11.4 Å². The molecule has 1 atom stereocenters. The van der Waals surface area contributed by atoms with Crippen molar-refractivity contribution in [2.24, 2.45) is 0 Å². The molecule has 1 fully saturated rings. The number of anilines is 2. The van der Waals surface area contributed by atoms with Crippen LogP contribution in [0.15, 0.2) is 53.2 Å². The molecule has 3 N–H and O–H groups in total. The Hall–Kier alpha value is -3.46. The molecule has 1 unspecified atom stereocenters. The summed E-state index contributed by atoms with van der Waals surface area (Å²) >= 11 is 0. The summed E-state index contributed by atoms with van der Waals surface area (Å²) in [5, 5.41) is 19.1. The number of rotatable bonds is 6. The highest BCUT2D eigenvalue weighted by molar-refractivity contribution is 5.92. The fourth-order valence-electron chi connectivity index (χ4n) is 3.26. The van der Waals surface area contributed by atoms with E-state index in [1.54, 1.807) is 18.3 Å². The number of nitrogens with one attached hydrogen (secondary N) is 2. The second-order valence-electron chi connectivity index (χ2n) is 6.72. The zero-order chi connectivity index (χ0) is 20.1. The minimum absolute atomic E-state index is 0.132. The van der Waals surface area contributed by atoms with Gasteiger partial charge in [0.15, 0.2) is 5.82 Å². The van der Waals surface area contributed by atoms with Crippen LogP contribution in [0, 0.1) is 0 Å². The molecule has 0 bridgehead atoms. The van der Waals surface area contributed by atoms with E-state index >= 15 is 0 Å². The Labute approximate surface area is 167 Å². The molecule has 2 aromatic heterocycles. The second kappa shape index (κ2) is 8.70. The normalized spacial score (nSPS) is 14.6. The van der Waals surface area contributed by atoms with E-state index in [0.29, 0.717) is 11.5 Å². The molecular formula is C20H22N6O3. The molecule has 29 heavy (non-hydrogen) atoms. The summed E-state index contributed by atoms with van der Waals surface area (Å²) in [7, 11) is 0. The van der Waals surface area contributed by atoms with E-state index in [1.807, 2.05) is 30.3 Å². The summed E-state index contributed by atoms with van der Waals surface area (Å²) in [6.07, 6.45) is 3.92. The summed E-state index contributed by atoms with van der Waals surface area (Å²) in [4.78, 5) is 23.4. The number of aliphatic hydroxyl groups excluding tert-OH is 1. The van der Waals surface area contributed by atoms with E-state index in [0.717, 1.165) is 37.3 Å². The molecule has 0 saturated carbocycles. The van der Waals surface area contributed by atoms with Crippen molar-refractivity contribution in [2.75, 3.05) is 29.9 Å². The van der Waals surface area contributed by atoms with E-state index in [-0.39, 0.29) is 12.5 Å². The van der Waals surface area contributed by atoms with Crippen LogP contribution in [0.3, 0.4) is 0 Å². The van der Waals surface area contributed by atoms with Crippen LogP contribution < -0.4 is 15.5 Å². The molecule has 1 aliphatic heterocycles. The van der Waals surface area contributed by atoms with Crippen molar-refractivity contribution in [1.82, 2.24) is 20.4 Å². The maximum atomic E-state index is 12.5. The van der Waals surface area contributed by atoms with Crippen LogP contribution in [0.25, 0.3) is 11.4 Å². The molecule has 1 aromatic carbocycles. The Morgan fingerprint density at radius 1 is 1.17 bits per heavy atom. The molecule has 0 radical (unpaired) electrons. The van der Waals surface area contributed by atoms with Gasteiger partial charge in [-0.15, -0.1) is 0 Å². The van der Waals surface area contributed by atoms with Crippen LogP contribution in [-0.2, 0) is 0 Å². The summed E-state index contributed by atoms with van der Waals surface area (Å²) in [6, 6.07) is 11.6. The smallest absolute Gasteiger partial charge is 0.320 e. The van der Waals surface area contributed by atoms with Crippen molar-refractivity contribution >= 4 is 17.5 Å². The lowest BCUT2D eigenvalue weighted by atomic mass is 10.2. The molecular weight excluding hydrogens is 372 g/mol. The Kier molecular flexibility index (Phi) is 5.66. The topological polar surface area (TPSA) is 116 Å². The molecule has 4 rings (SSSR count). The molecule has 1 aliphatic rings. The van der Waals surface area contributed by atoms with Crippen molar-refractivity contribution in [3.05, 3.63) is 54.6 Å². The lowest BCUT2D eigenvalue weighted by Crippen LogP contribution is -2.35. The molecule has 0 aliphatic carbocycles. The molecule has 9 nitrogen and oxygen atoms in total. The number of benzene rings is 1. The molecule has 9 heteroatoms. The molecule has 2 amide bonds. The van der Waals surface area contributed by atoms with Gasteiger partial charge in [-0.25, -0.2) is 9.78 Å². The molecule has 3 aromatic rings. The highest BCUT2D eigenvalue weighted by atomic mass is 16.5. The number of amides is 2. The number of nitrogens with zero attached hydrogens (tertiary/aromatic N) is 4. The highest BCUT2D eigenvalue weighted by Gasteiger charge is 2.23. The van der Waals surface area contributed by atoms with Crippen molar-refractivity contribution < 1.29 is 14.4 Å². The van der Waals surface area contributed by atoms with Gasteiger partial charge in [0.25, 0.3) is 5.89 Å². The van der Waals surface area contributed by atoms with Gasteiger partial charge < -0.3 is 25.2 Å². The van der Waals surface area contributed by atoms with Gasteiger partial charge in [-0.2, -0.15) is 4.98 Å². The average Bonchev–Trinajstić information content (AvgIpc) is 3.45. The Balaban J connectivity index is 1.44. The lowest BCUT2D eigenvalue weighted by Gasteiger charge is -2.20. The monoisotopic (exact) mass is 394 g/mol. The number of carbonyl (C=O) groups excluding carboxylic acids is 1. The van der Waals surface area contributed by atoms with E-state index in [9.17, 15) is 9.90 Å². The minimum atomic E-state index is -0.827. The van der Waals surface area contributed by atoms with Gasteiger partial charge >= 0.3 is 6.03 Å². The van der Waals surface area contributed by atoms with Crippen LogP contribution >= 0.6 is 0 Å². The summed E-state index contributed by atoms with van der Waals surface area (Å²) < 4.78 is 5.24. The van der Waals surface area contributed by atoms with Crippen molar-refractivity contribution in [1.29, 1.82) is 0 Å². The zero-order valence-corrected chi connectivity index (χ0v) is 15.8. The van der Waals surface area contributed by atoms with Crippen LogP contribution in [0.5, 0.6) is 0 Å². The number of hydrogen-bond acceptors (Lipinski definition) is 7.